The molecule has 0 aliphatic heterocycles. The number of rotatable bonds is 7. The summed E-state index contributed by atoms with van der Waals surface area (Å²) in [4.78, 5) is 28.0. The number of carbonyl (C=O) groups excluding carboxylic acids is 1. The van der Waals surface area contributed by atoms with Gasteiger partial charge in [-0.2, -0.15) is 13.9 Å². The van der Waals surface area contributed by atoms with Crippen LogP contribution in [0, 0.1) is 6.92 Å². The van der Waals surface area contributed by atoms with Crippen molar-refractivity contribution < 1.29 is 18.3 Å². The van der Waals surface area contributed by atoms with Gasteiger partial charge in [0.05, 0.1) is 5.69 Å². The molecule has 0 spiro atoms. The van der Waals surface area contributed by atoms with Crippen LogP contribution in [-0.4, -0.2) is 27.3 Å². The normalized spacial score (nSPS) is 10.8. The predicted molar refractivity (Wildman–Crippen MR) is 101 cm³/mol. The molecule has 0 saturated heterocycles. The van der Waals surface area contributed by atoms with Gasteiger partial charge in [0.2, 0.25) is 11.8 Å². The molecule has 0 unspecified atom stereocenters. The zero-order valence-corrected chi connectivity index (χ0v) is 15.5. The van der Waals surface area contributed by atoms with Gasteiger partial charge in [0.15, 0.2) is 0 Å². The van der Waals surface area contributed by atoms with Gasteiger partial charge in [-0.15, -0.1) is 0 Å². The minimum absolute atomic E-state index is 0.229. The Kier molecular flexibility index (Phi) is 6.28. The average Bonchev–Trinajstić information content (AvgIpc) is 2.69. The van der Waals surface area contributed by atoms with Gasteiger partial charge in [-0.25, -0.2) is 9.67 Å². The Morgan fingerprint density at radius 1 is 1.17 bits per heavy atom. The van der Waals surface area contributed by atoms with Crippen molar-refractivity contribution in [1.82, 2.24) is 20.1 Å². The number of hydrogen-bond donors (Lipinski definition) is 1. The van der Waals surface area contributed by atoms with Crippen molar-refractivity contribution >= 4 is 5.91 Å². The van der Waals surface area contributed by atoms with Gasteiger partial charge in [0, 0.05) is 30.4 Å². The minimum atomic E-state index is -2.97. The SMILES string of the molecule is Cc1ccccc1CNC(=O)Cn1nc(-c2ccc(OC(F)F)nc2)ccc1=O. The van der Waals surface area contributed by atoms with Gasteiger partial charge < -0.3 is 10.1 Å². The maximum Gasteiger partial charge on any atom is 0.388 e. The van der Waals surface area contributed by atoms with Crippen LogP contribution in [0.5, 0.6) is 5.88 Å². The second-order valence-electron chi connectivity index (χ2n) is 6.18. The fraction of sp³-hybridized carbons (Fsp3) is 0.200. The number of nitrogens with one attached hydrogen (secondary N) is 1. The molecule has 0 fully saturated rings. The Morgan fingerprint density at radius 3 is 2.66 bits per heavy atom. The summed E-state index contributed by atoms with van der Waals surface area (Å²) < 4.78 is 29.6. The quantitative estimate of drug-likeness (QED) is 0.659. The smallest absolute Gasteiger partial charge is 0.388 e. The van der Waals surface area contributed by atoms with E-state index in [0.717, 1.165) is 15.8 Å². The summed E-state index contributed by atoms with van der Waals surface area (Å²) in [7, 11) is 0. The average molecular weight is 400 g/mol. The first-order chi connectivity index (χ1) is 13.9. The fourth-order valence-corrected chi connectivity index (χ4v) is 2.60. The summed E-state index contributed by atoms with van der Waals surface area (Å²) >= 11 is 0. The molecule has 0 aliphatic rings. The number of aryl methyl sites for hydroxylation is 1. The van der Waals surface area contributed by atoms with Crippen molar-refractivity contribution in [2.24, 2.45) is 0 Å². The van der Waals surface area contributed by atoms with Crippen molar-refractivity contribution in [3.8, 4) is 17.1 Å². The summed E-state index contributed by atoms with van der Waals surface area (Å²) in [5, 5.41) is 6.92. The standard InChI is InChI=1S/C20H18F2N4O3/c1-13-4-2-3-5-14(13)10-23-17(27)12-26-19(28)9-7-16(25-26)15-6-8-18(24-11-15)29-20(21)22/h2-9,11,20H,10,12H2,1H3,(H,23,27). The highest BCUT2D eigenvalue weighted by Crippen LogP contribution is 2.18. The topological polar surface area (TPSA) is 86.1 Å². The zero-order chi connectivity index (χ0) is 20.8. The molecule has 0 bridgehead atoms. The molecule has 1 aromatic carbocycles. The van der Waals surface area contributed by atoms with Crippen molar-refractivity contribution in [1.29, 1.82) is 0 Å². The summed E-state index contributed by atoms with van der Waals surface area (Å²) in [6.45, 7) is -0.928. The first-order valence-corrected chi connectivity index (χ1v) is 8.73. The van der Waals surface area contributed by atoms with E-state index in [9.17, 15) is 18.4 Å². The first-order valence-electron chi connectivity index (χ1n) is 8.73. The van der Waals surface area contributed by atoms with E-state index in [0.29, 0.717) is 17.8 Å². The Morgan fingerprint density at radius 2 is 1.97 bits per heavy atom. The molecule has 2 heterocycles. The van der Waals surface area contributed by atoms with E-state index >= 15 is 0 Å². The second kappa shape index (κ2) is 9.05. The minimum Gasteiger partial charge on any atom is -0.417 e. The lowest BCUT2D eigenvalue weighted by atomic mass is 10.1. The number of halogens is 2. The number of carbonyl (C=O) groups is 1. The summed E-state index contributed by atoms with van der Waals surface area (Å²) in [5.74, 6) is -0.591. The van der Waals surface area contributed by atoms with Gasteiger partial charge in [0.25, 0.3) is 5.56 Å². The predicted octanol–water partition coefficient (Wildman–Crippen LogP) is 2.53. The van der Waals surface area contributed by atoms with Crippen molar-refractivity contribution in [3.63, 3.8) is 0 Å². The van der Waals surface area contributed by atoms with Gasteiger partial charge in [-0.3, -0.25) is 9.59 Å². The fourth-order valence-electron chi connectivity index (χ4n) is 2.60. The summed E-state index contributed by atoms with van der Waals surface area (Å²) in [6.07, 6.45) is 1.30. The molecule has 1 N–H and O–H groups in total. The number of hydrogen-bond acceptors (Lipinski definition) is 5. The molecule has 0 aliphatic carbocycles. The Hall–Kier alpha value is -3.62. The van der Waals surface area contributed by atoms with E-state index < -0.39 is 12.2 Å². The molecule has 0 radical (unpaired) electrons. The van der Waals surface area contributed by atoms with E-state index in [-0.39, 0.29) is 18.3 Å². The van der Waals surface area contributed by atoms with E-state index in [1.54, 1.807) is 0 Å². The van der Waals surface area contributed by atoms with Crippen molar-refractivity contribution in [3.05, 3.63) is 76.2 Å². The maximum absolute atomic E-state index is 12.2. The molecular weight excluding hydrogens is 382 g/mol. The Balaban J connectivity index is 1.69. The molecule has 9 heteroatoms. The highest BCUT2D eigenvalue weighted by molar-refractivity contribution is 5.75. The number of amides is 1. The summed E-state index contributed by atoms with van der Waals surface area (Å²) in [5.41, 5.74) is 2.45. The van der Waals surface area contributed by atoms with Gasteiger partial charge in [-0.05, 0) is 30.2 Å². The third-order valence-corrected chi connectivity index (χ3v) is 4.14. The number of nitrogens with zero attached hydrogens (tertiary/aromatic N) is 3. The molecule has 3 aromatic rings. The lowest BCUT2D eigenvalue weighted by Gasteiger charge is -2.10. The largest absolute Gasteiger partial charge is 0.417 e. The number of benzene rings is 1. The number of aromatic nitrogens is 3. The van der Waals surface area contributed by atoms with Crippen LogP contribution in [0.2, 0.25) is 0 Å². The van der Waals surface area contributed by atoms with Crippen LogP contribution in [0.25, 0.3) is 11.3 Å². The number of ether oxygens (including phenoxy) is 1. The lowest BCUT2D eigenvalue weighted by molar-refractivity contribution is -0.122. The number of pyridine rings is 1. The van der Waals surface area contributed by atoms with E-state index in [1.165, 1.54) is 30.5 Å². The second-order valence-corrected chi connectivity index (χ2v) is 6.18. The monoisotopic (exact) mass is 400 g/mol. The Labute approximate surface area is 165 Å². The molecule has 0 atom stereocenters. The van der Waals surface area contributed by atoms with E-state index in [4.69, 9.17) is 0 Å². The van der Waals surface area contributed by atoms with Crippen LogP contribution in [0.1, 0.15) is 11.1 Å². The third-order valence-electron chi connectivity index (χ3n) is 4.14. The van der Waals surface area contributed by atoms with Crippen LogP contribution >= 0.6 is 0 Å². The molecule has 7 nitrogen and oxygen atoms in total. The molecule has 29 heavy (non-hydrogen) atoms. The molecule has 1 amide bonds. The number of alkyl halides is 2. The Bertz CT molecular complexity index is 1050. The van der Waals surface area contributed by atoms with Crippen molar-refractivity contribution in [2.75, 3.05) is 0 Å². The van der Waals surface area contributed by atoms with Gasteiger partial charge in [-0.1, -0.05) is 24.3 Å². The summed E-state index contributed by atoms with van der Waals surface area (Å²) in [6, 6.07) is 13.2. The van der Waals surface area contributed by atoms with E-state index in [1.807, 2.05) is 31.2 Å². The van der Waals surface area contributed by atoms with Crippen LogP contribution in [0.4, 0.5) is 8.78 Å². The maximum atomic E-state index is 12.2. The zero-order valence-electron chi connectivity index (χ0n) is 15.5. The van der Waals surface area contributed by atoms with Crippen LogP contribution < -0.4 is 15.6 Å². The molecular formula is C20H18F2N4O3. The van der Waals surface area contributed by atoms with Crippen LogP contribution in [0.3, 0.4) is 0 Å². The third kappa shape index (κ3) is 5.44. The molecule has 3 rings (SSSR count). The lowest BCUT2D eigenvalue weighted by Crippen LogP contribution is -2.33. The van der Waals surface area contributed by atoms with Crippen LogP contribution in [0.15, 0.2) is 59.5 Å². The highest BCUT2D eigenvalue weighted by Gasteiger charge is 2.10. The van der Waals surface area contributed by atoms with Gasteiger partial charge >= 0.3 is 6.61 Å². The highest BCUT2D eigenvalue weighted by atomic mass is 19.3. The first kappa shape index (κ1) is 20.1. The van der Waals surface area contributed by atoms with Crippen molar-refractivity contribution in [2.45, 2.75) is 26.6 Å². The van der Waals surface area contributed by atoms with E-state index in [2.05, 4.69) is 20.1 Å². The molecule has 0 saturated carbocycles. The molecule has 2 aromatic heterocycles. The molecule has 150 valence electrons. The van der Waals surface area contributed by atoms with Gasteiger partial charge in [0.1, 0.15) is 6.54 Å². The van der Waals surface area contributed by atoms with Crippen LogP contribution in [-0.2, 0) is 17.9 Å².